The number of hydroxylamine groups is 3. The molecule has 0 bridgehead atoms. The van der Waals surface area contributed by atoms with Crippen molar-refractivity contribution in [1.82, 2.24) is 0 Å². The maximum atomic E-state index is 12.0. The number of quaternary nitrogens is 1. The van der Waals surface area contributed by atoms with Crippen LogP contribution in [0.15, 0.2) is 36.4 Å². The molecule has 2 rings (SSSR count). The molecule has 0 N–H and O–H groups in total. The average molecular weight is 203 g/mol. The van der Waals surface area contributed by atoms with E-state index in [0.717, 1.165) is 25.9 Å². The molecule has 0 radical (unpaired) electrons. The Morgan fingerprint density at radius 3 is 2.47 bits per heavy atom. The summed E-state index contributed by atoms with van der Waals surface area (Å²) in [4.78, 5) is 0. The summed E-state index contributed by atoms with van der Waals surface area (Å²) in [5.74, 6) is 0. The minimum Gasteiger partial charge on any atom is -0.633 e. The van der Waals surface area contributed by atoms with Crippen molar-refractivity contribution in [3.63, 3.8) is 0 Å². The maximum Gasteiger partial charge on any atom is 0.0974 e. The van der Waals surface area contributed by atoms with Crippen molar-refractivity contribution in [2.45, 2.75) is 12.8 Å². The van der Waals surface area contributed by atoms with Crippen molar-refractivity contribution in [3.05, 3.63) is 47.2 Å². The molecule has 1 heterocycles. The summed E-state index contributed by atoms with van der Waals surface area (Å²) in [6.45, 7) is 2.20. The molecule has 1 aromatic rings. The zero-order valence-electron chi connectivity index (χ0n) is 8.93. The highest BCUT2D eigenvalue weighted by molar-refractivity contribution is 5.48. The first-order chi connectivity index (χ1) is 7.29. The first-order valence-corrected chi connectivity index (χ1v) is 5.57. The lowest BCUT2D eigenvalue weighted by molar-refractivity contribution is -0.862. The lowest BCUT2D eigenvalue weighted by Crippen LogP contribution is -2.38. The van der Waals surface area contributed by atoms with Crippen LogP contribution in [0.4, 0.5) is 0 Å². The van der Waals surface area contributed by atoms with Crippen LogP contribution in [0.2, 0.25) is 0 Å². The van der Waals surface area contributed by atoms with E-state index in [2.05, 4.69) is 12.1 Å². The van der Waals surface area contributed by atoms with Gasteiger partial charge in [0.15, 0.2) is 0 Å². The predicted molar refractivity (Wildman–Crippen MR) is 62.9 cm³/mol. The summed E-state index contributed by atoms with van der Waals surface area (Å²) < 4.78 is -0.0245. The summed E-state index contributed by atoms with van der Waals surface area (Å²) in [6.07, 6.45) is 6.22. The normalized spacial score (nSPS) is 19.8. The lowest BCUT2D eigenvalue weighted by atomic mass is 10.2. The molecule has 0 amide bonds. The highest BCUT2D eigenvalue weighted by Gasteiger charge is 2.20. The Morgan fingerprint density at radius 1 is 1.13 bits per heavy atom. The molecule has 80 valence electrons. The molecule has 2 nitrogen and oxygen atoms in total. The second-order valence-corrected chi connectivity index (χ2v) is 4.21. The Morgan fingerprint density at radius 2 is 1.80 bits per heavy atom. The Labute approximate surface area is 91.0 Å². The molecule has 0 unspecified atom stereocenters. The Hall–Kier alpha value is -1.12. The molecular weight excluding hydrogens is 186 g/mol. The van der Waals surface area contributed by atoms with Gasteiger partial charge in [-0.25, -0.2) is 0 Å². The van der Waals surface area contributed by atoms with Gasteiger partial charge < -0.3 is 9.85 Å². The van der Waals surface area contributed by atoms with Crippen LogP contribution in [0.3, 0.4) is 0 Å². The smallest absolute Gasteiger partial charge is 0.0974 e. The van der Waals surface area contributed by atoms with E-state index in [0.29, 0.717) is 6.54 Å². The molecule has 0 saturated carbocycles. The molecule has 1 aromatic carbocycles. The van der Waals surface area contributed by atoms with Gasteiger partial charge in [-0.3, -0.25) is 0 Å². The van der Waals surface area contributed by atoms with Crippen molar-refractivity contribution >= 4 is 6.08 Å². The van der Waals surface area contributed by atoms with Crippen molar-refractivity contribution in [2.75, 3.05) is 19.6 Å². The van der Waals surface area contributed by atoms with Crippen LogP contribution in [0.25, 0.3) is 6.08 Å². The third-order valence-electron chi connectivity index (χ3n) is 2.93. The second kappa shape index (κ2) is 4.60. The molecule has 0 atom stereocenters. The predicted octanol–water partition coefficient (Wildman–Crippen LogP) is 2.81. The minimum atomic E-state index is -0.0245. The van der Waals surface area contributed by atoms with Crippen LogP contribution in [-0.4, -0.2) is 24.3 Å². The molecule has 1 aliphatic rings. The first-order valence-electron chi connectivity index (χ1n) is 5.57. The Bertz CT molecular complexity index is 326. The zero-order chi connectivity index (χ0) is 10.6. The molecule has 0 aromatic heterocycles. The Balaban J connectivity index is 1.90. The third kappa shape index (κ3) is 2.91. The lowest BCUT2D eigenvalue weighted by Gasteiger charge is -2.37. The molecule has 1 aliphatic heterocycles. The fourth-order valence-electron chi connectivity index (χ4n) is 2.04. The van der Waals surface area contributed by atoms with E-state index in [1.165, 1.54) is 5.56 Å². The van der Waals surface area contributed by atoms with Gasteiger partial charge in [-0.2, -0.15) is 0 Å². The molecule has 0 aliphatic carbocycles. The van der Waals surface area contributed by atoms with Gasteiger partial charge in [0.2, 0.25) is 0 Å². The highest BCUT2D eigenvalue weighted by atomic mass is 16.5. The molecule has 1 saturated heterocycles. The maximum absolute atomic E-state index is 12.0. The van der Waals surface area contributed by atoms with Gasteiger partial charge in [0, 0.05) is 12.8 Å². The highest BCUT2D eigenvalue weighted by Crippen LogP contribution is 2.17. The fourth-order valence-corrected chi connectivity index (χ4v) is 2.04. The molecule has 15 heavy (non-hydrogen) atoms. The van der Waals surface area contributed by atoms with E-state index in [1.807, 2.05) is 30.4 Å². The van der Waals surface area contributed by atoms with Gasteiger partial charge >= 0.3 is 0 Å². The summed E-state index contributed by atoms with van der Waals surface area (Å²) >= 11 is 0. The van der Waals surface area contributed by atoms with E-state index < -0.39 is 0 Å². The summed E-state index contributed by atoms with van der Waals surface area (Å²) in [7, 11) is 0. The van der Waals surface area contributed by atoms with Crippen LogP contribution < -0.4 is 0 Å². The van der Waals surface area contributed by atoms with Crippen molar-refractivity contribution in [3.8, 4) is 0 Å². The number of nitrogens with zero attached hydrogens (tertiary/aromatic N) is 1. The van der Waals surface area contributed by atoms with E-state index in [-0.39, 0.29) is 4.65 Å². The monoisotopic (exact) mass is 203 g/mol. The quantitative estimate of drug-likeness (QED) is 0.547. The second-order valence-electron chi connectivity index (χ2n) is 4.21. The number of hydrogen-bond acceptors (Lipinski definition) is 1. The SMILES string of the molecule is [O-][N+]1(C/C=C/c2ccccc2)CCCC1. The fraction of sp³-hybridized carbons (Fsp3) is 0.385. The van der Waals surface area contributed by atoms with Crippen LogP contribution in [0, 0.1) is 5.21 Å². The van der Waals surface area contributed by atoms with Crippen molar-refractivity contribution < 1.29 is 4.65 Å². The van der Waals surface area contributed by atoms with Gasteiger partial charge in [0.05, 0.1) is 19.6 Å². The van der Waals surface area contributed by atoms with Crippen LogP contribution in [-0.2, 0) is 0 Å². The van der Waals surface area contributed by atoms with E-state index in [4.69, 9.17) is 0 Å². The van der Waals surface area contributed by atoms with Crippen LogP contribution in [0.1, 0.15) is 18.4 Å². The number of likely N-dealkylation sites (tertiary alicyclic amines) is 1. The summed E-state index contributed by atoms with van der Waals surface area (Å²) in [5, 5.41) is 12.0. The van der Waals surface area contributed by atoms with Gasteiger partial charge in [-0.15, -0.1) is 0 Å². The van der Waals surface area contributed by atoms with Gasteiger partial charge in [0.1, 0.15) is 0 Å². The van der Waals surface area contributed by atoms with E-state index in [1.54, 1.807) is 0 Å². The molecule has 1 fully saturated rings. The number of benzene rings is 1. The van der Waals surface area contributed by atoms with Gasteiger partial charge in [0.25, 0.3) is 0 Å². The summed E-state index contributed by atoms with van der Waals surface area (Å²) in [6, 6.07) is 10.1. The largest absolute Gasteiger partial charge is 0.633 e. The van der Waals surface area contributed by atoms with Crippen molar-refractivity contribution in [2.24, 2.45) is 0 Å². The van der Waals surface area contributed by atoms with E-state index in [9.17, 15) is 5.21 Å². The topological polar surface area (TPSA) is 23.1 Å². The molecular formula is C13H17NO. The number of rotatable bonds is 3. The molecule has 2 heteroatoms. The van der Waals surface area contributed by atoms with Crippen LogP contribution >= 0.6 is 0 Å². The van der Waals surface area contributed by atoms with Gasteiger partial charge in [-0.1, -0.05) is 36.4 Å². The van der Waals surface area contributed by atoms with Crippen molar-refractivity contribution in [1.29, 1.82) is 0 Å². The van der Waals surface area contributed by atoms with Crippen LogP contribution in [0.5, 0.6) is 0 Å². The first kappa shape index (κ1) is 10.4. The van der Waals surface area contributed by atoms with E-state index >= 15 is 0 Å². The Kier molecular flexibility index (Phi) is 3.19. The third-order valence-corrected chi connectivity index (χ3v) is 2.93. The zero-order valence-corrected chi connectivity index (χ0v) is 8.93. The number of hydrogen-bond donors (Lipinski definition) is 0. The average Bonchev–Trinajstić information content (AvgIpc) is 2.67. The van der Waals surface area contributed by atoms with Gasteiger partial charge in [-0.05, 0) is 11.6 Å². The molecule has 0 spiro atoms. The summed E-state index contributed by atoms with van der Waals surface area (Å²) in [5.41, 5.74) is 1.17. The minimum absolute atomic E-state index is 0.0245. The standard InChI is InChI=1S/C13H17NO/c15-14(10-4-5-11-14)12-6-9-13-7-2-1-3-8-13/h1-3,6-9H,4-5,10-12H2/b9-6+.